The van der Waals surface area contributed by atoms with E-state index in [1.54, 1.807) is 11.8 Å². The van der Waals surface area contributed by atoms with Crippen LogP contribution in [-0.2, 0) is 0 Å². The molecule has 1 aromatic rings. The van der Waals surface area contributed by atoms with Crippen LogP contribution in [0.4, 0.5) is 11.4 Å². The summed E-state index contributed by atoms with van der Waals surface area (Å²) in [5.41, 5.74) is 2.37. The number of benzene rings is 1. The quantitative estimate of drug-likeness (QED) is 0.882. The molecular formula is C18H24N4S. The molecule has 4 nitrogen and oxygen atoms in total. The Labute approximate surface area is 143 Å². The van der Waals surface area contributed by atoms with E-state index in [0.717, 1.165) is 35.3 Å². The molecule has 0 aliphatic carbocycles. The summed E-state index contributed by atoms with van der Waals surface area (Å²) in [5, 5.41) is 3.48. The number of anilines is 2. The van der Waals surface area contributed by atoms with E-state index in [-0.39, 0.29) is 0 Å². The molecular weight excluding hydrogens is 304 g/mol. The Balaban J connectivity index is 1.93. The second-order valence-electron chi connectivity index (χ2n) is 5.95. The minimum atomic E-state index is 0.354. The van der Waals surface area contributed by atoms with Gasteiger partial charge in [0.25, 0.3) is 0 Å². The standard InChI is InChI=1S/C18H24N4S/c1-6-21(7-2)14-8-9-16-15(10-14)20-18-17(23-16)11-22(12(3)4)13(5)19-18/h8-12H,5-7H2,1-4H3,(H,19,20). The first-order valence-corrected chi connectivity index (χ1v) is 8.97. The maximum Gasteiger partial charge on any atom is 0.148 e. The average molecular weight is 328 g/mol. The van der Waals surface area contributed by atoms with Crippen LogP contribution in [0.5, 0.6) is 0 Å². The summed E-state index contributed by atoms with van der Waals surface area (Å²) in [6.07, 6.45) is 2.15. The third-order valence-electron chi connectivity index (χ3n) is 4.15. The zero-order valence-electron chi connectivity index (χ0n) is 14.3. The van der Waals surface area contributed by atoms with Gasteiger partial charge in [-0.2, -0.15) is 0 Å². The Kier molecular flexibility index (Phi) is 4.39. The summed E-state index contributed by atoms with van der Waals surface area (Å²) in [4.78, 5) is 11.5. The molecule has 2 aliphatic heterocycles. The van der Waals surface area contributed by atoms with Crippen LogP contribution in [0.25, 0.3) is 0 Å². The summed E-state index contributed by atoms with van der Waals surface area (Å²) in [6.45, 7) is 14.7. The largest absolute Gasteiger partial charge is 0.372 e. The third-order valence-corrected chi connectivity index (χ3v) is 5.24. The monoisotopic (exact) mass is 328 g/mol. The lowest BCUT2D eigenvalue weighted by atomic mass is 10.2. The van der Waals surface area contributed by atoms with Crippen LogP contribution in [0, 0.1) is 0 Å². The van der Waals surface area contributed by atoms with Gasteiger partial charge in [0.15, 0.2) is 0 Å². The minimum absolute atomic E-state index is 0.354. The molecule has 0 atom stereocenters. The van der Waals surface area contributed by atoms with Crippen molar-refractivity contribution in [3.63, 3.8) is 0 Å². The van der Waals surface area contributed by atoms with Gasteiger partial charge in [-0.15, -0.1) is 0 Å². The van der Waals surface area contributed by atoms with Crippen LogP contribution in [0.1, 0.15) is 27.7 Å². The lowest BCUT2D eigenvalue weighted by molar-refractivity contribution is 0.379. The van der Waals surface area contributed by atoms with E-state index < -0.39 is 0 Å². The van der Waals surface area contributed by atoms with Gasteiger partial charge in [0.2, 0.25) is 0 Å². The fourth-order valence-corrected chi connectivity index (χ4v) is 3.80. The predicted molar refractivity (Wildman–Crippen MR) is 101 cm³/mol. The third kappa shape index (κ3) is 2.98. The van der Waals surface area contributed by atoms with Gasteiger partial charge >= 0.3 is 0 Å². The van der Waals surface area contributed by atoms with Crippen LogP contribution in [-0.4, -0.2) is 29.9 Å². The smallest absolute Gasteiger partial charge is 0.148 e. The summed E-state index contributed by atoms with van der Waals surface area (Å²) >= 11 is 1.77. The van der Waals surface area contributed by atoms with Gasteiger partial charge in [0.1, 0.15) is 11.7 Å². The van der Waals surface area contributed by atoms with Gasteiger partial charge in [-0.05, 0) is 45.9 Å². The Hall–Kier alpha value is -1.88. The Morgan fingerprint density at radius 3 is 2.70 bits per heavy atom. The second-order valence-corrected chi connectivity index (χ2v) is 7.03. The number of nitrogens with one attached hydrogen (secondary N) is 1. The summed E-state index contributed by atoms with van der Waals surface area (Å²) < 4.78 is 0. The molecule has 2 heterocycles. The number of thioether (sulfide) groups is 1. The predicted octanol–water partition coefficient (Wildman–Crippen LogP) is 4.49. The van der Waals surface area contributed by atoms with Gasteiger partial charge in [-0.3, -0.25) is 0 Å². The highest BCUT2D eigenvalue weighted by Crippen LogP contribution is 2.42. The van der Waals surface area contributed by atoms with Crippen molar-refractivity contribution in [3.05, 3.63) is 41.7 Å². The first-order valence-electron chi connectivity index (χ1n) is 8.15. The molecule has 1 N–H and O–H groups in total. The highest BCUT2D eigenvalue weighted by molar-refractivity contribution is 8.04. The normalized spacial score (nSPS) is 16.4. The fraction of sp³-hybridized carbons (Fsp3) is 0.389. The van der Waals surface area contributed by atoms with Crippen LogP contribution in [0.3, 0.4) is 0 Å². The molecule has 0 bridgehead atoms. The molecule has 0 saturated carbocycles. The van der Waals surface area contributed by atoms with Gasteiger partial charge < -0.3 is 15.1 Å². The number of nitrogens with zero attached hydrogens (tertiary/aromatic N) is 3. The van der Waals surface area contributed by atoms with Crippen molar-refractivity contribution in [1.29, 1.82) is 0 Å². The van der Waals surface area contributed by atoms with E-state index in [9.17, 15) is 0 Å². The minimum Gasteiger partial charge on any atom is -0.372 e. The highest BCUT2D eigenvalue weighted by atomic mass is 32.2. The van der Waals surface area contributed by atoms with Crippen molar-refractivity contribution in [2.24, 2.45) is 4.99 Å². The molecule has 0 aromatic heterocycles. The number of rotatable bonds is 4. The maximum atomic E-state index is 4.65. The number of hydrogen-bond donors (Lipinski definition) is 1. The van der Waals surface area contributed by atoms with Crippen molar-refractivity contribution < 1.29 is 0 Å². The molecule has 23 heavy (non-hydrogen) atoms. The van der Waals surface area contributed by atoms with E-state index >= 15 is 0 Å². The molecule has 0 unspecified atom stereocenters. The molecule has 0 saturated heterocycles. The number of fused-ring (bicyclic) bond motifs is 2. The van der Waals surface area contributed by atoms with E-state index in [0.29, 0.717) is 6.04 Å². The molecule has 0 amide bonds. The molecule has 1 aromatic carbocycles. The molecule has 5 heteroatoms. The first-order chi connectivity index (χ1) is 11.0. The SMILES string of the molecule is C=C1N=C2Nc3cc(N(CC)CC)ccc3SC2=CN1C(C)C. The van der Waals surface area contributed by atoms with Gasteiger partial charge in [0.05, 0.1) is 10.6 Å². The van der Waals surface area contributed by atoms with E-state index in [2.05, 4.69) is 78.8 Å². The van der Waals surface area contributed by atoms with Crippen molar-refractivity contribution in [2.75, 3.05) is 23.3 Å². The first kappa shape index (κ1) is 16.0. The number of hydrogen-bond acceptors (Lipinski definition) is 5. The average Bonchev–Trinajstić information content (AvgIpc) is 2.53. The van der Waals surface area contributed by atoms with Crippen LogP contribution < -0.4 is 10.2 Å². The maximum absolute atomic E-state index is 4.65. The van der Waals surface area contributed by atoms with E-state index in [1.165, 1.54) is 10.6 Å². The Morgan fingerprint density at radius 2 is 2.04 bits per heavy atom. The lowest BCUT2D eigenvalue weighted by Gasteiger charge is -2.33. The Morgan fingerprint density at radius 1 is 1.30 bits per heavy atom. The molecule has 0 spiro atoms. The molecule has 0 fully saturated rings. The fourth-order valence-electron chi connectivity index (χ4n) is 2.85. The topological polar surface area (TPSA) is 30.9 Å². The number of amidine groups is 1. The molecule has 122 valence electrons. The van der Waals surface area contributed by atoms with Crippen LogP contribution >= 0.6 is 11.8 Å². The lowest BCUT2D eigenvalue weighted by Crippen LogP contribution is -2.31. The van der Waals surface area contributed by atoms with Crippen molar-refractivity contribution in [1.82, 2.24) is 4.90 Å². The zero-order chi connectivity index (χ0) is 16.6. The van der Waals surface area contributed by atoms with E-state index in [1.807, 2.05) is 0 Å². The van der Waals surface area contributed by atoms with Gasteiger partial charge in [-0.25, -0.2) is 4.99 Å². The zero-order valence-corrected chi connectivity index (χ0v) is 15.1. The summed E-state index contributed by atoms with van der Waals surface area (Å²) in [5.74, 6) is 1.69. The molecule has 0 radical (unpaired) electrons. The number of aliphatic imine (C=N–C) groups is 1. The summed E-state index contributed by atoms with van der Waals surface area (Å²) in [6, 6.07) is 6.96. The highest BCUT2D eigenvalue weighted by Gasteiger charge is 2.26. The van der Waals surface area contributed by atoms with Crippen LogP contribution in [0.15, 0.2) is 51.6 Å². The summed E-state index contributed by atoms with van der Waals surface area (Å²) in [7, 11) is 0. The van der Waals surface area contributed by atoms with Gasteiger partial charge in [-0.1, -0.05) is 18.3 Å². The van der Waals surface area contributed by atoms with E-state index in [4.69, 9.17) is 0 Å². The van der Waals surface area contributed by atoms with Crippen molar-refractivity contribution in [2.45, 2.75) is 38.6 Å². The second kappa shape index (κ2) is 6.32. The van der Waals surface area contributed by atoms with Crippen molar-refractivity contribution >= 4 is 29.0 Å². The van der Waals surface area contributed by atoms with Crippen LogP contribution in [0.2, 0.25) is 0 Å². The molecule has 3 rings (SSSR count). The van der Waals surface area contributed by atoms with Gasteiger partial charge in [0, 0.05) is 35.9 Å². The molecule has 2 aliphatic rings. The van der Waals surface area contributed by atoms with Crippen molar-refractivity contribution in [3.8, 4) is 0 Å². The Bertz CT molecular complexity index is 686.